The van der Waals surface area contributed by atoms with Gasteiger partial charge in [-0.15, -0.1) is 0 Å². The molecule has 1 aromatic carbocycles. The van der Waals surface area contributed by atoms with Gasteiger partial charge in [0.25, 0.3) is 0 Å². The summed E-state index contributed by atoms with van der Waals surface area (Å²) < 4.78 is 0. The van der Waals surface area contributed by atoms with Crippen molar-refractivity contribution in [2.45, 2.75) is 38.5 Å². The smallest absolute Gasteiger partial charge is 0.238 e. The average molecular weight is 403 g/mol. The van der Waals surface area contributed by atoms with E-state index in [1.165, 1.54) is 12.8 Å². The summed E-state index contributed by atoms with van der Waals surface area (Å²) in [6.45, 7) is 3.50. The molecule has 1 aromatic rings. The number of likely N-dealkylation sites (tertiary alicyclic amines) is 2. The van der Waals surface area contributed by atoms with Crippen molar-refractivity contribution in [1.82, 2.24) is 9.80 Å². The fourth-order valence-corrected chi connectivity index (χ4v) is 4.17. The first-order chi connectivity index (χ1) is 13.6. The average Bonchev–Trinajstić information content (AvgIpc) is 2.98. The van der Waals surface area contributed by atoms with Gasteiger partial charge in [0.05, 0.1) is 17.8 Å². The molecule has 7 heteroatoms. The topological polar surface area (TPSA) is 76.4 Å². The lowest BCUT2D eigenvalue weighted by atomic mass is 9.95. The highest BCUT2D eigenvalue weighted by Gasteiger charge is 2.29. The van der Waals surface area contributed by atoms with Crippen LogP contribution < -0.4 is 5.32 Å². The first-order valence-electron chi connectivity index (χ1n) is 10.1. The van der Waals surface area contributed by atoms with Crippen LogP contribution >= 0.6 is 11.6 Å². The Hall–Kier alpha value is -2.10. The van der Waals surface area contributed by atoms with Gasteiger partial charge in [-0.1, -0.05) is 24.4 Å². The molecule has 0 saturated carbocycles. The second-order valence-corrected chi connectivity index (χ2v) is 8.08. The number of hydrogen-bond donors (Lipinski definition) is 1. The van der Waals surface area contributed by atoms with E-state index in [4.69, 9.17) is 16.9 Å². The van der Waals surface area contributed by atoms with E-state index in [9.17, 15) is 9.59 Å². The Morgan fingerprint density at radius 1 is 1.11 bits per heavy atom. The predicted molar refractivity (Wildman–Crippen MR) is 109 cm³/mol. The van der Waals surface area contributed by atoms with Crippen LogP contribution in [-0.2, 0) is 9.59 Å². The van der Waals surface area contributed by atoms with Gasteiger partial charge in [-0.2, -0.15) is 5.26 Å². The van der Waals surface area contributed by atoms with Crippen LogP contribution in [0.1, 0.15) is 44.1 Å². The van der Waals surface area contributed by atoms with Crippen LogP contribution in [0.5, 0.6) is 0 Å². The Kier molecular flexibility index (Phi) is 7.30. The fraction of sp³-hybridized carbons (Fsp3) is 0.571. The fourth-order valence-electron chi connectivity index (χ4n) is 4.00. The minimum absolute atomic E-state index is 0.0792. The van der Waals surface area contributed by atoms with E-state index in [1.54, 1.807) is 18.2 Å². The van der Waals surface area contributed by atoms with Gasteiger partial charge >= 0.3 is 0 Å². The molecule has 28 heavy (non-hydrogen) atoms. The van der Waals surface area contributed by atoms with Crippen molar-refractivity contribution < 1.29 is 9.59 Å². The number of amides is 2. The largest absolute Gasteiger partial charge is 0.342 e. The minimum atomic E-state index is -0.170. The van der Waals surface area contributed by atoms with Gasteiger partial charge < -0.3 is 10.2 Å². The van der Waals surface area contributed by atoms with E-state index in [0.717, 1.165) is 51.9 Å². The predicted octanol–water partition coefficient (Wildman–Crippen LogP) is 3.26. The summed E-state index contributed by atoms with van der Waals surface area (Å²) >= 11 is 5.96. The number of benzene rings is 1. The SMILES string of the molecule is N#Cc1ccc(Cl)cc1NC(=O)CN1CCC(C(=O)N2CCCCCC2)CC1. The molecule has 2 fully saturated rings. The maximum Gasteiger partial charge on any atom is 0.238 e. The summed E-state index contributed by atoms with van der Waals surface area (Å²) in [6.07, 6.45) is 6.25. The lowest BCUT2D eigenvalue weighted by molar-refractivity contribution is -0.137. The minimum Gasteiger partial charge on any atom is -0.342 e. The summed E-state index contributed by atoms with van der Waals surface area (Å²) in [5.41, 5.74) is 0.825. The zero-order chi connectivity index (χ0) is 19.9. The summed E-state index contributed by atoms with van der Waals surface area (Å²) in [7, 11) is 0. The zero-order valence-electron chi connectivity index (χ0n) is 16.1. The maximum absolute atomic E-state index is 12.8. The molecule has 2 aliphatic heterocycles. The molecule has 150 valence electrons. The standard InChI is InChI=1S/C21H27ClN4O2/c22-18-6-5-17(14-23)19(13-18)24-20(27)15-25-11-7-16(8-12-25)21(28)26-9-3-1-2-4-10-26/h5-6,13,16H,1-4,7-12,15H2,(H,24,27). The number of halogens is 1. The number of hydrogen-bond acceptors (Lipinski definition) is 4. The van der Waals surface area contributed by atoms with E-state index in [-0.39, 0.29) is 18.4 Å². The lowest BCUT2D eigenvalue weighted by Gasteiger charge is -2.33. The van der Waals surface area contributed by atoms with Crippen molar-refractivity contribution in [2.75, 3.05) is 38.0 Å². The van der Waals surface area contributed by atoms with Crippen molar-refractivity contribution in [3.63, 3.8) is 0 Å². The summed E-state index contributed by atoms with van der Waals surface area (Å²) in [5, 5.41) is 12.4. The summed E-state index contributed by atoms with van der Waals surface area (Å²) in [4.78, 5) is 29.3. The number of nitrogens with one attached hydrogen (secondary N) is 1. The number of carbonyl (C=O) groups is 2. The van der Waals surface area contributed by atoms with E-state index >= 15 is 0 Å². The number of nitriles is 1. The van der Waals surface area contributed by atoms with Crippen molar-refractivity contribution in [1.29, 1.82) is 5.26 Å². The monoisotopic (exact) mass is 402 g/mol. The number of carbonyl (C=O) groups excluding carboxylic acids is 2. The Morgan fingerprint density at radius 2 is 1.79 bits per heavy atom. The Morgan fingerprint density at radius 3 is 2.43 bits per heavy atom. The lowest BCUT2D eigenvalue weighted by Crippen LogP contribution is -2.44. The molecule has 2 aliphatic rings. The molecule has 2 amide bonds. The number of piperidine rings is 1. The third-order valence-electron chi connectivity index (χ3n) is 5.60. The van der Waals surface area contributed by atoms with Crippen LogP contribution in [0, 0.1) is 17.2 Å². The van der Waals surface area contributed by atoms with Gasteiger partial charge in [-0.25, -0.2) is 0 Å². The normalized spacial score (nSPS) is 18.9. The van der Waals surface area contributed by atoms with E-state index < -0.39 is 0 Å². The third-order valence-corrected chi connectivity index (χ3v) is 5.83. The molecule has 6 nitrogen and oxygen atoms in total. The molecule has 3 rings (SSSR count). The van der Waals surface area contributed by atoms with Crippen LogP contribution in [0.3, 0.4) is 0 Å². The second-order valence-electron chi connectivity index (χ2n) is 7.64. The third kappa shape index (κ3) is 5.46. The van der Waals surface area contributed by atoms with E-state index in [1.807, 2.05) is 4.90 Å². The molecule has 0 radical (unpaired) electrons. The van der Waals surface area contributed by atoms with Gasteiger partial charge in [0.15, 0.2) is 0 Å². The van der Waals surface area contributed by atoms with Crippen LogP contribution in [-0.4, -0.2) is 54.3 Å². The number of rotatable bonds is 4. The van der Waals surface area contributed by atoms with Crippen molar-refractivity contribution >= 4 is 29.1 Å². The molecule has 0 aliphatic carbocycles. The van der Waals surface area contributed by atoms with Crippen molar-refractivity contribution in [3.8, 4) is 6.07 Å². The molecule has 0 bridgehead atoms. The highest BCUT2D eigenvalue weighted by Crippen LogP contribution is 2.23. The Balaban J connectivity index is 1.47. The molecule has 2 saturated heterocycles. The number of anilines is 1. The summed E-state index contributed by atoms with van der Waals surface area (Å²) in [6, 6.07) is 6.87. The van der Waals surface area contributed by atoms with E-state index in [0.29, 0.717) is 22.2 Å². The van der Waals surface area contributed by atoms with Gasteiger partial charge in [0, 0.05) is 24.0 Å². The molecular weight excluding hydrogens is 376 g/mol. The number of nitrogens with zero attached hydrogens (tertiary/aromatic N) is 3. The molecule has 0 spiro atoms. The first-order valence-corrected chi connectivity index (χ1v) is 10.5. The van der Waals surface area contributed by atoms with Crippen molar-refractivity contribution in [3.05, 3.63) is 28.8 Å². The quantitative estimate of drug-likeness (QED) is 0.838. The van der Waals surface area contributed by atoms with Crippen LogP contribution in [0.25, 0.3) is 0 Å². The Labute approximate surface area is 171 Å². The van der Waals surface area contributed by atoms with Crippen LogP contribution in [0.2, 0.25) is 5.02 Å². The van der Waals surface area contributed by atoms with Crippen molar-refractivity contribution in [2.24, 2.45) is 5.92 Å². The van der Waals surface area contributed by atoms with Gasteiger partial charge in [-0.3, -0.25) is 14.5 Å². The summed E-state index contributed by atoms with van der Waals surface area (Å²) in [5.74, 6) is 0.204. The molecule has 1 N–H and O–H groups in total. The molecule has 0 unspecified atom stereocenters. The van der Waals surface area contributed by atoms with Crippen LogP contribution in [0.15, 0.2) is 18.2 Å². The molecule has 0 atom stereocenters. The highest BCUT2D eigenvalue weighted by atomic mass is 35.5. The Bertz CT molecular complexity index is 745. The van der Waals surface area contributed by atoms with Gasteiger partial charge in [0.2, 0.25) is 11.8 Å². The highest BCUT2D eigenvalue weighted by molar-refractivity contribution is 6.31. The van der Waals surface area contributed by atoms with Crippen LogP contribution in [0.4, 0.5) is 5.69 Å². The second kappa shape index (κ2) is 9.90. The molecule has 2 heterocycles. The van der Waals surface area contributed by atoms with Gasteiger partial charge in [0.1, 0.15) is 6.07 Å². The molecular formula is C21H27ClN4O2. The maximum atomic E-state index is 12.8. The van der Waals surface area contributed by atoms with Gasteiger partial charge in [-0.05, 0) is 57.0 Å². The first kappa shape index (κ1) is 20.6. The zero-order valence-corrected chi connectivity index (χ0v) is 16.9. The molecule has 0 aromatic heterocycles. The van der Waals surface area contributed by atoms with E-state index in [2.05, 4.69) is 16.3 Å².